The van der Waals surface area contributed by atoms with Gasteiger partial charge < -0.3 is 5.32 Å². The van der Waals surface area contributed by atoms with Crippen molar-refractivity contribution in [2.45, 2.75) is 37.9 Å². The standard InChI is InChI=1S/C16H24N2O2S/c1-13-10-17-16(14-6-3-2-4-7-14)11-18(13)15-8-5-9-21(19,20)12-15/h2-4,6-7,13,15-17H,5,8-12H2,1H3. The van der Waals surface area contributed by atoms with E-state index < -0.39 is 9.84 Å². The molecule has 0 aliphatic carbocycles. The average Bonchev–Trinajstić information content (AvgIpc) is 2.47. The molecule has 3 rings (SSSR count). The van der Waals surface area contributed by atoms with Crippen LogP contribution in [0.3, 0.4) is 0 Å². The summed E-state index contributed by atoms with van der Waals surface area (Å²) < 4.78 is 23.8. The van der Waals surface area contributed by atoms with Crippen molar-refractivity contribution in [3.05, 3.63) is 35.9 Å². The van der Waals surface area contributed by atoms with Crippen molar-refractivity contribution >= 4 is 9.84 Å². The van der Waals surface area contributed by atoms with E-state index in [0.717, 1.165) is 25.9 Å². The third kappa shape index (κ3) is 3.47. The number of benzene rings is 1. The van der Waals surface area contributed by atoms with Crippen LogP contribution in [0, 0.1) is 0 Å². The lowest BCUT2D eigenvalue weighted by Crippen LogP contribution is -2.57. The highest BCUT2D eigenvalue weighted by molar-refractivity contribution is 7.91. The Labute approximate surface area is 127 Å². The smallest absolute Gasteiger partial charge is 0.151 e. The van der Waals surface area contributed by atoms with Gasteiger partial charge in [0.25, 0.3) is 0 Å². The van der Waals surface area contributed by atoms with E-state index in [2.05, 4.69) is 41.4 Å². The predicted octanol–water partition coefficient (Wildman–Crippen LogP) is 1.60. The number of nitrogens with one attached hydrogen (secondary N) is 1. The highest BCUT2D eigenvalue weighted by Gasteiger charge is 2.35. The Morgan fingerprint density at radius 2 is 2.00 bits per heavy atom. The van der Waals surface area contributed by atoms with Crippen LogP contribution >= 0.6 is 0 Å². The first-order chi connectivity index (χ1) is 10.1. The molecule has 3 atom stereocenters. The molecule has 1 aromatic carbocycles. The van der Waals surface area contributed by atoms with Gasteiger partial charge in [-0.25, -0.2) is 8.42 Å². The van der Waals surface area contributed by atoms with E-state index in [0.29, 0.717) is 23.6 Å². The molecule has 5 heteroatoms. The molecule has 0 saturated carbocycles. The fourth-order valence-corrected chi connectivity index (χ4v) is 5.28. The number of nitrogens with zero attached hydrogens (tertiary/aromatic N) is 1. The molecule has 2 heterocycles. The maximum absolute atomic E-state index is 11.9. The molecule has 0 radical (unpaired) electrons. The quantitative estimate of drug-likeness (QED) is 0.901. The van der Waals surface area contributed by atoms with Crippen LogP contribution in [0.5, 0.6) is 0 Å². The first-order valence-corrected chi connectivity index (χ1v) is 9.62. The summed E-state index contributed by atoms with van der Waals surface area (Å²) in [6.07, 6.45) is 1.81. The summed E-state index contributed by atoms with van der Waals surface area (Å²) >= 11 is 0. The van der Waals surface area contributed by atoms with E-state index in [1.54, 1.807) is 0 Å². The Morgan fingerprint density at radius 1 is 1.24 bits per heavy atom. The number of hydrogen-bond donors (Lipinski definition) is 1. The van der Waals surface area contributed by atoms with Crippen LogP contribution in [0.4, 0.5) is 0 Å². The second-order valence-electron chi connectivity index (χ2n) is 6.33. The molecule has 0 amide bonds. The van der Waals surface area contributed by atoms with Gasteiger partial charge in [-0.05, 0) is 25.3 Å². The molecule has 0 aromatic heterocycles. The van der Waals surface area contributed by atoms with Crippen LogP contribution in [0.25, 0.3) is 0 Å². The number of piperazine rings is 1. The van der Waals surface area contributed by atoms with Gasteiger partial charge in [0.05, 0.1) is 11.5 Å². The van der Waals surface area contributed by atoms with Crippen LogP contribution in [0.2, 0.25) is 0 Å². The molecule has 4 nitrogen and oxygen atoms in total. The van der Waals surface area contributed by atoms with Crippen molar-refractivity contribution in [1.29, 1.82) is 0 Å². The molecule has 116 valence electrons. The summed E-state index contributed by atoms with van der Waals surface area (Å²) in [5.41, 5.74) is 1.29. The number of hydrogen-bond acceptors (Lipinski definition) is 4. The van der Waals surface area contributed by atoms with Crippen molar-refractivity contribution < 1.29 is 8.42 Å². The predicted molar refractivity (Wildman–Crippen MR) is 85.0 cm³/mol. The minimum atomic E-state index is -2.85. The van der Waals surface area contributed by atoms with E-state index in [9.17, 15) is 8.42 Å². The van der Waals surface area contributed by atoms with Crippen molar-refractivity contribution in [3.8, 4) is 0 Å². The molecule has 21 heavy (non-hydrogen) atoms. The largest absolute Gasteiger partial charge is 0.307 e. The first-order valence-electron chi connectivity index (χ1n) is 7.80. The van der Waals surface area contributed by atoms with Crippen molar-refractivity contribution in [1.82, 2.24) is 10.2 Å². The Morgan fingerprint density at radius 3 is 2.71 bits per heavy atom. The van der Waals surface area contributed by atoms with Crippen molar-refractivity contribution in [2.24, 2.45) is 0 Å². The third-order valence-corrected chi connectivity index (χ3v) is 6.53. The summed E-state index contributed by atoms with van der Waals surface area (Å²) in [4.78, 5) is 2.41. The minimum absolute atomic E-state index is 0.187. The van der Waals surface area contributed by atoms with Gasteiger partial charge in [-0.15, -0.1) is 0 Å². The average molecular weight is 308 g/mol. The molecular formula is C16H24N2O2S. The monoisotopic (exact) mass is 308 g/mol. The highest BCUT2D eigenvalue weighted by atomic mass is 32.2. The Kier molecular flexibility index (Phi) is 4.33. The summed E-state index contributed by atoms with van der Waals surface area (Å²) in [6, 6.07) is 11.3. The lowest BCUT2D eigenvalue weighted by atomic mass is 9.99. The van der Waals surface area contributed by atoms with Gasteiger partial charge in [0.1, 0.15) is 0 Å². The third-order valence-electron chi connectivity index (χ3n) is 4.73. The van der Waals surface area contributed by atoms with Crippen LogP contribution in [0.1, 0.15) is 31.4 Å². The normalized spacial score (nSPS) is 33.7. The number of sulfone groups is 1. The molecule has 0 bridgehead atoms. The van der Waals surface area contributed by atoms with Gasteiger partial charge in [0.2, 0.25) is 0 Å². The van der Waals surface area contributed by atoms with Crippen LogP contribution < -0.4 is 5.32 Å². The Hall–Kier alpha value is -0.910. The second kappa shape index (κ2) is 6.07. The maximum atomic E-state index is 11.9. The van der Waals surface area contributed by atoms with Gasteiger partial charge in [-0.3, -0.25) is 4.90 Å². The zero-order valence-corrected chi connectivity index (χ0v) is 13.3. The fourth-order valence-electron chi connectivity index (χ4n) is 3.56. The summed E-state index contributed by atoms with van der Waals surface area (Å²) in [5.74, 6) is 0.699. The van der Waals surface area contributed by atoms with Gasteiger partial charge in [-0.1, -0.05) is 30.3 Å². The lowest BCUT2D eigenvalue weighted by Gasteiger charge is -2.44. The van der Waals surface area contributed by atoms with E-state index in [1.165, 1.54) is 5.56 Å². The molecule has 2 aliphatic heterocycles. The van der Waals surface area contributed by atoms with E-state index in [-0.39, 0.29) is 6.04 Å². The SMILES string of the molecule is CC1CNC(c2ccccc2)CN1C1CCCS(=O)(=O)C1. The highest BCUT2D eigenvalue weighted by Crippen LogP contribution is 2.26. The molecule has 2 fully saturated rings. The minimum Gasteiger partial charge on any atom is -0.307 e. The van der Waals surface area contributed by atoms with Gasteiger partial charge in [0, 0.05) is 31.2 Å². The van der Waals surface area contributed by atoms with Crippen molar-refractivity contribution in [2.75, 3.05) is 24.6 Å². The molecule has 3 unspecified atom stereocenters. The van der Waals surface area contributed by atoms with Gasteiger partial charge in [0.15, 0.2) is 9.84 Å². The Balaban J connectivity index is 1.75. The second-order valence-corrected chi connectivity index (χ2v) is 8.56. The molecule has 1 aromatic rings. The molecule has 2 saturated heterocycles. The molecule has 1 N–H and O–H groups in total. The zero-order valence-electron chi connectivity index (χ0n) is 12.5. The summed E-state index contributed by atoms with van der Waals surface area (Å²) in [6.45, 7) is 4.00. The van der Waals surface area contributed by atoms with Crippen molar-refractivity contribution in [3.63, 3.8) is 0 Å². The first kappa shape index (κ1) is 15.0. The van der Waals surface area contributed by atoms with Gasteiger partial charge >= 0.3 is 0 Å². The summed E-state index contributed by atoms with van der Waals surface area (Å²) in [5, 5.41) is 3.58. The van der Waals surface area contributed by atoms with E-state index >= 15 is 0 Å². The van der Waals surface area contributed by atoms with E-state index in [4.69, 9.17) is 0 Å². The van der Waals surface area contributed by atoms with E-state index in [1.807, 2.05) is 6.07 Å². The maximum Gasteiger partial charge on any atom is 0.151 e. The zero-order chi connectivity index (χ0) is 14.9. The fraction of sp³-hybridized carbons (Fsp3) is 0.625. The summed E-state index contributed by atoms with van der Waals surface area (Å²) in [7, 11) is -2.85. The van der Waals surface area contributed by atoms with Gasteiger partial charge in [-0.2, -0.15) is 0 Å². The molecular weight excluding hydrogens is 284 g/mol. The number of rotatable bonds is 2. The lowest BCUT2D eigenvalue weighted by molar-refractivity contribution is 0.0935. The topological polar surface area (TPSA) is 49.4 Å². The Bertz CT molecular complexity index is 573. The molecule has 0 spiro atoms. The van der Waals surface area contributed by atoms with Crippen LogP contribution in [0.15, 0.2) is 30.3 Å². The molecule has 2 aliphatic rings. The van der Waals surface area contributed by atoms with Crippen LogP contribution in [-0.4, -0.2) is 50.0 Å². The van der Waals surface area contributed by atoms with Crippen LogP contribution in [-0.2, 0) is 9.84 Å².